The molecule has 1 aromatic heterocycles. The van der Waals surface area contributed by atoms with Crippen LogP contribution in [0.2, 0.25) is 0 Å². The van der Waals surface area contributed by atoms with Crippen LogP contribution in [0.3, 0.4) is 0 Å². The third-order valence-corrected chi connectivity index (χ3v) is 2.65. The van der Waals surface area contributed by atoms with Crippen molar-refractivity contribution in [3.63, 3.8) is 0 Å². The van der Waals surface area contributed by atoms with Crippen molar-refractivity contribution in [2.24, 2.45) is 0 Å². The van der Waals surface area contributed by atoms with Crippen molar-refractivity contribution in [1.29, 1.82) is 0 Å². The highest BCUT2D eigenvalue weighted by Crippen LogP contribution is 2.20. The van der Waals surface area contributed by atoms with Gasteiger partial charge in [0.05, 0.1) is 12.2 Å². The summed E-state index contributed by atoms with van der Waals surface area (Å²) in [4.78, 5) is 4.47. The molecule has 0 saturated heterocycles. The summed E-state index contributed by atoms with van der Waals surface area (Å²) in [6.45, 7) is 12.0. The maximum atomic E-state index is 5.77. The second kappa shape index (κ2) is 6.87. The van der Waals surface area contributed by atoms with Gasteiger partial charge in [0.2, 0.25) is 5.88 Å². The van der Waals surface area contributed by atoms with Crippen molar-refractivity contribution < 1.29 is 9.47 Å². The molecule has 1 N–H and O–H groups in total. The monoisotopic (exact) mass is 266 g/mol. The first-order valence-corrected chi connectivity index (χ1v) is 6.72. The molecule has 1 aromatic rings. The van der Waals surface area contributed by atoms with Crippen LogP contribution in [-0.4, -0.2) is 30.8 Å². The highest BCUT2D eigenvalue weighted by molar-refractivity contribution is 5.35. The van der Waals surface area contributed by atoms with Gasteiger partial charge in [-0.15, -0.1) is 0 Å². The Bertz CT molecular complexity index is 411. The second-order valence-corrected chi connectivity index (χ2v) is 5.70. The summed E-state index contributed by atoms with van der Waals surface area (Å²) < 4.78 is 11.4. The van der Waals surface area contributed by atoms with E-state index in [-0.39, 0.29) is 5.60 Å². The predicted molar refractivity (Wildman–Crippen MR) is 77.7 cm³/mol. The van der Waals surface area contributed by atoms with Gasteiger partial charge in [0, 0.05) is 17.8 Å². The van der Waals surface area contributed by atoms with E-state index < -0.39 is 0 Å². The molecular formula is C15H26N2O2. The van der Waals surface area contributed by atoms with Crippen LogP contribution in [0, 0.1) is 13.8 Å². The number of hydrogen-bond donors (Lipinski definition) is 1. The number of nitrogens with one attached hydrogen (secondary N) is 1. The molecule has 0 aliphatic rings. The zero-order valence-electron chi connectivity index (χ0n) is 13.0. The van der Waals surface area contributed by atoms with Gasteiger partial charge in [0.25, 0.3) is 0 Å². The molecule has 0 atom stereocenters. The van der Waals surface area contributed by atoms with E-state index in [1.165, 1.54) is 5.56 Å². The summed E-state index contributed by atoms with van der Waals surface area (Å²) in [5.74, 6) is 0.712. The maximum absolute atomic E-state index is 5.77. The minimum atomic E-state index is -0.132. The molecule has 0 unspecified atom stereocenters. The number of nitrogens with zero attached hydrogens (tertiary/aromatic N) is 1. The number of aromatic nitrogens is 1. The van der Waals surface area contributed by atoms with Crippen LogP contribution in [-0.2, 0) is 11.3 Å². The first-order valence-electron chi connectivity index (χ1n) is 6.72. The molecule has 0 fully saturated rings. The minimum Gasteiger partial charge on any atom is -0.475 e. The molecule has 0 bridgehead atoms. The van der Waals surface area contributed by atoms with Crippen molar-refractivity contribution in [1.82, 2.24) is 10.3 Å². The highest BCUT2D eigenvalue weighted by Gasteiger charge is 2.12. The fraction of sp³-hybridized carbons (Fsp3) is 0.667. The van der Waals surface area contributed by atoms with Gasteiger partial charge in [-0.2, -0.15) is 0 Å². The van der Waals surface area contributed by atoms with E-state index in [1.807, 2.05) is 34.7 Å². The van der Waals surface area contributed by atoms with Crippen LogP contribution in [0.15, 0.2) is 6.07 Å². The normalized spacial score (nSPS) is 11.7. The van der Waals surface area contributed by atoms with Crippen LogP contribution in [0.1, 0.15) is 37.6 Å². The largest absolute Gasteiger partial charge is 0.475 e. The molecule has 19 heavy (non-hydrogen) atoms. The van der Waals surface area contributed by atoms with E-state index in [0.29, 0.717) is 19.1 Å². The Morgan fingerprint density at radius 3 is 2.47 bits per heavy atom. The molecule has 0 aliphatic heterocycles. The Balaban J connectivity index is 2.66. The Morgan fingerprint density at radius 1 is 1.21 bits per heavy atom. The Kier molecular flexibility index (Phi) is 5.76. The summed E-state index contributed by atoms with van der Waals surface area (Å²) in [5, 5.41) is 3.15. The summed E-state index contributed by atoms with van der Waals surface area (Å²) in [6.07, 6.45) is 0. The summed E-state index contributed by atoms with van der Waals surface area (Å²) >= 11 is 0. The lowest BCUT2D eigenvalue weighted by Gasteiger charge is -2.20. The molecule has 0 amide bonds. The fourth-order valence-electron chi connectivity index (χ4n) is 1.83. The second-order valence-electron chi connectivity index (χ2n) is 5.70. The van der Waals surface area contributed by atoms with Crippen LogP contribution in [0.25, 0.3) is 0 Å². The van der Waals surface area contributed by atoms with E-state index in [2.05, 4.69) is 23.3 Å². The van der Waals surface area contributed by atoms with Crippen molar-refractivity contribution in [3.05, 3.63) is 22.9 Å². The van der Waals surface area contributed by atoms with Gasteiger partial charge in [-0.3, -0.25) is 0 Å². The molecule has 4 heteroatoms. The summed E-state index contributed by atoms with van der Waals surface area (Å²) in [7, 11) is 1.92. The molecule has 0 saturated carbocycles. The van der Waals surface area contributed by atoms with Gasteiger partial charge < -0.3 is 14.8 Å². The zero-order valence-corrected chi connectivity index (χ0v) is 13.0. The van der Waals surface area contributed by atoms with E-state index in [0.717, 1.165) is 17.8 Å². The molecular weight excluding hydrogens is 240 g/mol. The number of pyridine rings is 1. The van der Waals surface area contributed by atoms with Gasteiger partial charge in [0.15, 0.2) is 0 Å². The molecule has 0 aliphatic carbocycles. The van der Waals surface area contributed by atoms with Crippen LogP contribution in [0.4, 0.5) is 0 Å². The smallest absolute Gasteiger partial charge is 0.218 e. The molecule has 108 valence electrons. The third kappa shape index (κ3) is 5.57. The number of ether oxygens (including phenoxy) is 2. The Labute approximate surface area is 116 Å². The summed E-state index contributed by atoms with van der Waals surface area (Å²) in [5.41, 5.74) is 3.16. The van der Waals surface area contributed by atoms with Crippen molar-refractivity contribution in [2.45, 2.75) is 46.8 Å². The van der Waals surface area contributed by atoms with E-state index in [1.54, 1.807) is 0 Å². The SMILES string of the molecule is CNCc1c(C)cc(C)nc1OCCOC(C)(C)C. The third-order valence-electron chi connectivity index (χ3n) is 2.65. The zero-order chi connectivity index (χ0) is 14.5. The lowest BCUT2D eigenvalue weighted by molar-refractivity contribution is -0.0169. The van der Waals surface area contributed by atoms with Gasteiger partial charge in [-0.25, -0.2) is 4.98 Å². The first-order chi connectivity index (χ1) is 8.83. The van der Waals surface area contributed by atoms with E-state index in [4.69, 9.17) is 9.47 Å². The van der Waals surface area contributed by atoms with Crippen molar-refractivity contribution >= 4 is 0 Å². The summed E-state index contributed by atoms with van der Waals surface area (Å²) in [6, 6.07) is 2.07. The topological polar surface area (TPSA) is 43.4 Å². The average Bonchev–Trinajstić information content (AvgIpc) is 2.27. The standard InChI is InChI=1S/C15H26N2O2/c1-11-9-12(2)17-14(13(11)10-16-6)18-7-8-19-15(3,4)5/h9,16H,7-8,10H2,1-6H3. The van der Waals surface area contributed by atoms with Crippen molar-refractivity contribution in [3.8, 4) is 5.88 Å². The maximum Gasteiger partial charge on any atom is 0.218 e. The number of hydrogen-bond acceptors (Lipinski definition) is 4. The minimum absolute atomic E-state index is 0.132. The Hall–Kier alpha value is -1.13. The van der Waals surface area contributed by atoms with Gasteiger partial charge in [0.1, 0.15) is 6.61 Å². The quantitative estimate of drug-likeness (QED) is 0.804. The van der Waals surface area contributed by atoms with E-state index in [9.17, 15) is 0 Å². The molecule has 1 rings (SSSR count). The molecule has 0 spiro atoms. The van der Waals surface area contributed by atoms with Crippen LogP contribution < -0.4 is 10.1 Å². The average molecular weight is 266 g/mol. The number of aryl methyl sites for hydroxylation is 2. The lowest BCUT2D eigenvalue weighted by Crippen LogP contribution is -2.23. The molecule has 0 radical (unpaired) electrons. The number of rotatable bonds is 6. The lowest BCUT2D eigenvalue weighted by atomic mass is 10.1. The molecule has 1 heterocycles. The first kappa shape index (κ1) is 15.9. The molecule has 4 nitrogen and oxygen atoms in total. The fourth-order valence-corrected chi connectivity index (χ4v) is 1.83. The molecule has 0 aromatic carbocycles. The predicted octanol–water partition coefficient (Wildman–Crippen LogP) is 2.61. The van der Waals surface area contributed by atoms with Gasteiger partial charge >= 0.3 is 0 Å². The Morgan fingerprint density at radius 2 is 1.89 bits per heavy atom. The van der Waals surface area contributed by atoms with E-state index >= 15 is 0 Å². The van der Waals surface area contributed by atoms with Gasteiger partial charge in [-0.05, 0) is 53.3 Å². The van der Waals surface area contributed by atoms with Crippen LogP contribution >= 0.6 is 0 Å². The van der Waals surface area contributed by atoms with Crippen LogP contribution in [0.5, 0.6) is 5.88 Å². The van der Waals surface area contributed by atoms with Gasteiger partial charge in [-0.1, -0.05) is 0 Å². The highest BCUT2D eigenvalue weighted by atomic mass is 16.5. The van der Waals surface area contributed by atoms with Crippen molar-refractivity contribution in [2.75, 3.05) is 20.3 Å².